The Morgan fingerprint density at radius 3 is 1.44 bits per heavy atom. The van der Waals surface area contributed by atoms with Crippen LogP contribution in [0.25, 0.3) is 0 Å². The van der Waals surface area contributed by atoms with Gasteiger partial charge in [0.05, 0.1) is 0 Å². The summed E-state index contributed by atoms with van der Waals surface area (Å²) >= 11 is 8.80. The van der Waals surface area contributed by atoms with Gasteiger partial charge in [0.15, 0.2) is 0 Å². The van der Waals surface area contributed by atoms with E-state index in [1.807, 2.05) is 18.2 Å². The summed E-state index contributed by atoms with van der Waals surface area (Å²) < 4.78 is -0.889. The smallest absolute Gasteiger partial charge is 0.304 e. The highest BCUT2D eigenvalue weighted by Gasteiger charge is 1.89. The fourth-order valence-corrected chi connectivity index (χ4v) is 1.21. The van der Waals surface area contributed by atoms with Crippen molar-refractivity contribution in [1.29, 1.82) is 0 Å². The van der Waals surface area contributed by atoms with Crippen molar-refractivity contribution >= 4 is 27.9 Å². The predicted molar refractivity (Wildman–Crippen MR) is 81.7 cm³/mol. The molecule has 0 heterocycles. The summed E-state index contributed by atoms with van der Waals surface area (Å²) in [5.41, 5.74) is 1.32. The van der Waals surface area contributed by atoms with Crippen LogP contribution in [0, 0.1) is 6.92 Å². The van der Waals surface area contributed by atoms with Crippen molar-refractivity contribution in [1.82, 2.24) is 4.90 Å². The van der Waals surface area contributed by atoms with Crippen LogP contribution in [0.5, 0.6) is 0 Å². The number of benzene rings is 1. The second-order valence-electron chi connectivity index (χ2n) is 3.50. The molecule has 2 nitrogen and oxygen atoms in total. The molecule has 0 aromatic heterocycles. The van der Waals surface area contributed by atoms with E-state index in [1.54, 1.807) is 0 Å². The SMILES string of the molecule is CCN(CC)CC.Cc1ccccc1.O=C(Cl)Cl. The van der Waals surface area contributed by atoms with Crippen LogP contribution in [0.4, 0.5) is 4.79 Å². The molecule has 0 radical (unpaired) electrons. The van der Waals surface area contributed by atoms with Crippen LogP contribution >= 0.6 is 23.2 Å². The summed E-state index contributed by atoms with van der Waals surface area (Å²) in [6, 6.07) is 10.3. The zero-order valence-corrected chi connectivity index (χ0v) is 13.1. The van der Waals surface area contributed by atoms with Crippen molar-refractivity contribution in [3.05, 3.63) is 35.9 Å². The Bertz CT molecular complexity index is 278. The van der Waals surface area contributed by atoms with Gasteiger partial charge in [-0.3, -0.25) is 4.79 Å². The molecule has 1 rings (SSSR count). The third-order valence-corrected chi connectivity index (χ3v) is 2.28. The molecule has 0 saturated heterocycles. The average molecular weight is 292 g/mol. The van der Waals surface area contributed by atoms with Crippen molar-refractivity contribution in [2.45, 2.75) is 27.7 Å². The van der Waals surface area contributed by atoms with Crippen molar-refractivity contribution in [3.63, 3.8) is 0 Å². The van der Waals surface area contributed by atoms with Crippen molar-refractivity contribution in [2.75, 3.05) is 19.6 Å². The van der Waals surface area contributed by atoms with Gasteiger partial charge in [0.25, 0.3) is 0 Å². The highest BCUT2D eigenvalue weighted by Crippen LogP contribution is 1.92. The number of nitrogens with zero attached hydrogens (tertiary/aromatic N) is 1. The predicted octanol–water partition coefficient (Wildman–Crippen LogP) is 4.93. The monoisotopic (exact) mass is 291 g/mol. The molecule has 0 spiro atoms. The zero-order chi connectivity index (χ0) is 14.4. The van der Waals surface area contributed by atoms with Gasteiger partial charge in [-0.2, -0.15) is 0 Å². The van der Waals surface area contributed by atoms with E-state index in [0.29, 0.717) is 0 Å². The number of halogens is 2. The van der Waals surface area contributed by atoms with Gasteiger partial charge >= 0.3 is 4.70 Å². The molecular formula is C14H23Cl2NO. The van der Waals surface area contributed by atoms with Crippen molar-refractivity contribution in [2.24, 2.45) is 0 Å². The van der Waals surface area contributed by atoms with Gasteiger partial charge in [-0.15, -0.1) is 0 Å². The number of carbonyl (C=O) groups excluding carboxylic acids is 1. The van der Waals surface area contributed by atoms with Crippen molar-refractivity contribution in [3.8, 4) is 0 Å². The first-order valence-electron chi connectivity index (χ1n) is 6.06. The minimum absolute atomic E-state index is 0.889. The lowest BCUT2D eigenvalue weighted by atomic mass is 10.2. The Kier molecular flexibility index (Phi) is 15.9. The highest BCUT2D eigenvalue weighted by atomic mass is 35.5. The lowest BCUT2D eigenvalue weighted by Crippen LogP contribution is -2.21. The third-order valence-electron chi connectivity index (χ3n) is 2.28. The molecule has 0 N–H and O–H groups in total. The molecule has 0 atom stereocenters. The van der Waals surface area contributed by atoms with Gasteiger partial charge in [-0.25, -0.2) is 0 Å². The van der Waals surface area contributed by atoms with Crippen molar-refractivity contribution < 1.29 is 4.79 Å². The fourth-order valence-electron chi connectivity index (χ4n) is 1.21. The van der Waals surface area contributed by atoms with Gasteiger partial charge < -0.3 is 4.90 Å². The van der Waals surface area contributed by atoms with Gasteiger partial charge in [-0.1, -0.05) is 56.7 Å². The Morgan fingerprint density at radius 1 is 1.00 bits per heavy atom. The van der Waals surface area contributed by atoms with Crippen LogP contribution in [0.2, 0.25) is 0 Å². The van der Waals surface area contributed by atoms with Crippen LogP contribution in [-0.2, 0) is 0 Å². The number of hydrogen-bond donors (Lipinski definition) is 0. The maximum atomic E-state index is 8.98. The van der Waals surface area contributed by atoms with E-state index >= 15 is 0 Å². The molecule has 0 aliphatic rings. The van der Waals surface area contributed by atoms with E-state index in [4.69, 9.17) is 4.79 Å². The molecule has 0 unspecified atom stereocenters. The summed E-state index contributed by atoms with van der Waals surface area (Å²) in [4.78, 5) is 11.4. The quantitative estimate of drug-likeness (QED) is 0.736. The largest absolute Gasteiger partial charge is 0.313 e. The molecule has 1 aromatic carbocycles. The van der Waals surface area contributed by atoms with E-state index in [2.05, 4.69) is 67.9 Å². The number of carbonyl (C=O) groups is 1. The Labute approximate surface area is 121 Å². The first-order valence-corrected chi connectivity index (χ1v) is 6.82. The van der Waals surface area contributed by atoms with E-state index in [1.165, 1.54) is 25.2 Å². The summed E-state index contributed by atoms with van der Waals surface area (Å²) in [6.07, 6.45) is 0. The number of rotatable bonds is 3. The molecule has 0 aliphatic carbocycles. The van der Waals surface area contributed by atoms with Crippen LogP contribution in [0.15, 0.2) is 30.3 Å². The second kappa shape index (κ2) is 14.5. The molecule has 0 saturated carbocycles. The van der Waals surface area contributed by atoms with E-state index in [9.17, 15) is 0 Å². The summed E-state index contributed by atoms with van der Waals surface area (Å²) in [5.74, 6) is 0. The first kappa shape index (κ1) is 19.8. The van der Waals surface area contributed by atoms with Crippen LogP contribution in [0.3, 0.4) is 0 Å². The topological polar surface area (TPSA) is 20.3 Å². The average Bonchev–Trinajstić information content (AvgIpc) is 2.32. The molecule has 1 aromatic rings. The van der Waals surface area contributed by atoms with Gasteiger partial charge in [0, 0.05) is 0 Å². The maximum absolute atomic E-state index is 8.98. The molecule has 18 heavy (non-hydrogen) atoms. The first-order chi connectivity index (χ1) is 8.47. The summed E-state index contributed by atoms with van der Waals surface area (Å²) in [7, 11) is 0. The maximum Gasteiger partial charge on any atom is 0.313 e. The Morgan fingerprint density at radius 2 is 1.33 bits per heavy atom. The molecule has 4 heteroatoms. The molecule has 0 bridgehead atoms. The normalized spacial score (nSPS) is 8.83. The van der Waals surface area contributed by atoms with Crippen LogP contribution in [0.1, 0.15) is 26.3 Å². The van der Waals surface area contributed by atoms with E-state index in [-0.39, 0.29) is 0 Å². The van der Waals surface area contributed by atoms with Gasteiger partial charge in [0.1, 0.15) is 0 Å². The minimum atomic E-state index is -0.889. The van der Waals surface area contributed by atoms with Crippen LogP contribution in [-0.4, -0.2) is 29.2 Å². The summed E-state index contributed by atoms with van der Waals surface area (Å²) in [6.45, 7) is 12.2. The number of aryl methyl sites for hydroxylation is 1. The number of hydrogen-bond acceptors (Lipinski definition) is 2. The van der Waals surface area contributed by atoms with Gasteiger partial charge in [-0.05, 0) is 49.8 Å². The molecule has 0 aliphatic heterocycles. The zero-order valence-electron chi connectivity index (χ0n) is 11.6. The van der Waals surface area contributed by atoms with E-state index < -0.39 is 4.70 Å². The molecule has 104 valence electrons. The molecular weight excluding hydrogens is 269 g/mol. The Hall–Kier alpha value is -0.570. The lowest BCUT2D eigenvalue weighted by Gasteiger charge is -2.13. The minimum Gasteiger partial charge on any atom is -0.304 e. The van der Waals surface area contributed by atoms with E-state index in [0.717, 1.165) is 0 Å². The molecule has 0 fully saturated rings. The lowest BCUT2D eigenvalue weighted by molar-refractivity contribution is 0.275. The highest BCUT2D eigenvalue weighted by molar-refractivity contribution is 6.93. The standard InChI is InChI=1S/C7H8.C6H15N.CCl2O/c1-7-5-3-2-4-6-7;1-4-7(5-2)6-3;2-1(3)4/h2-6H,1H3;4-6H2,1-3H3;. The van der Waals surface area contributed by atoms with Gasteiger partial charge in [0.2, 0.25) is 0 Å². The second-order valence-corrected chi connectivity index (χ2v) is 4.38. The third kappa shape index (κ3) is 17.8. The fraction of sp³-hybridized carbons (Fsp3) is 0.500. The molecule has 0 amide bonds. The summed E-state index contributed by atoms with van der Waals surface area (Å²) in [5, 5.41) is 0. The van der Waals surface area contributed by atoms with Crippen LogP contribution < -0.4 is 0 Å². The Balaban J connectivity index is 0.